The van der Waals surface area contributed by atoms with Crippen molar-refractivity contribution in [1.29, 1.82) is 0 Å². The number of esters is 4. The third-order valence-corrected chi connectivity index (χ3v) is 15.4. The summed E-state index contributed by atoms with van der Waals surface area (Å²) in [4.78, 5) is 126. The summed E-state index contributed by atoms with van der Waals surface area (Å²) < 4.78 is 35.8. The van der Waals surface area contributed by atoms with Crippen molar-refractivity contribution < 1.29 is 153 Å². The Kier molecular flexibility index (Phi) is 46.2. The van der Waals surface area contributed by atoms with Crippen molar-refractivity contribution in [2.75, 3.05) is 52.1 Å². The van der Waals surface area contributed by atoms with Crippen molar-refractivity contribution in [3.05, 3.63) is 151 Å². The van der Waals surface area contributed by atoms with Gasteiger partial charge in [0.15, 0.2) is 23.1 Å². The number of aldehydes is 1. The fourth-order valence-corrected chi connectivity index (χ4v) is 11.5. The maximum Gasteiger partial charge on any atom is 1.00 e. The Balaban J connectivity index is 0.00000137. The number of nitrogens with one attached hydrogen (secondary N) is 1. The summed E-state index contributed by atoms with van der Waals surface area (Å²) in [5, 5.41) is 32.7. The van der Waals surface area contributed by atoms with Crippen LogP contribution >= 0.6 is 11.6 Å². The number of dihydropyridines is 1. The number of aromatic hydroxyl groups is 2. The number of phenols is 2. The van der Waals surface area contributed by atoms with Crippen molar-refractivity contribution in [3.8, 4) is 11.5 Å². The molecule has 0 spiro atoms. The van der Waals surface area contributed by atoms with Crippen molar-refractivity contribution in [1.82, 2.24) is 5.32 Å². The van der Waals surface area contributed by atoms with Crippen molar-refractivity contribution in [2.45, 2.75) is 244 Å². The molecular formula is C84H117ClKNO21. The molecule has 0 radical (unpaired) electrons. The number of carbonyl (C=O) groups is 11. The minimum absolute atomic E-state index is 0. The SMILES string of the molecule is CC(C)(C)[O-].CCOC(=O)C1=C(COC(C)(C)C)NC2=C(C(=O)CC(c3c(C)cc(C)cc3C)C2)C1c1cccc(O)c1.CCOC(=O)CC(=O)CCl.CCOC(=O)CC(=O)COC(C)(C)C.CCOC(=O)CC(=O)COC(C)(C)C.Cc1cc(C)c(C2CC(=O)CC(=O)C2)c(C)c1.O=Cc1cccc(O)c1.[K+]. The molecule has 7 rings (SSSR count). The van der Waals surface area contributed by atoms with Gasteiger partial charge in [0, 0.05) is 42.0 Å². The number of alkyl halides is 1. The second kappa shape index (κ2) is 49.4. The van der Waals surface area contributed by atoms with E-state index in [0.717, 1.165) is 5.70 Å². The van der Waals surface area contributed by atoms with E-state index in [1.165, 1.54) is 56.6 Å². The Morgan fingerprint density at radius 1 is 0.537 bits per heavy atom. The average Bonchev–Trinajstić information content (AvgIpc) is 0.741. The van der Waals surface area contributed by atoms with Gasteiger partial charge in [-0.2, -0.15) is 0 Å². The smallest absolute Gasteiger partial charge is 0.850 e. The Morgan fingerprint density at radius 2 is 0.917 bits per heavy atom. The van der Waals surface area contributed by atoms with E-state index in [1.807, 2.05) is 68.4 Å². The van der Waals surface area contributed by atoms with Crippen LogP contribution in [-0.4, -0.2) is 150 Å². The molecule has 3 N–H and O–H groups in total. The first-order valence-electron chi connectivity index (χ1n) is 35.9. The fourth-order valence-electron chi connectivity index (χ4n) is 11.4. The summed E-state index contributed by atoms with van der Waals surface area (Å²) in [6.45, 7) is 42.4. The van der Waals surface area contributed by atoms with Gasteiger partial charge in [0.25, 0.3) is 0 Å². The van der Waals surface area contributed by atoms with Crippen molar-refractivity contribution in [2.24, 2.45) is 0 Å². The standard InChI is InChI=1S/C32H39NO5.C15H18O2.2C10H18O4.C7H6O2.C6H9ClO3.C4H9O.K/c1-8-37-31(36)30-25(17-38-32(5,6)7)33-24-15-22(27-19(3)12-18(2)13-20(27)4)16-26(35)29(24)28(30)21-10-9-11-23(34)14-21;1-9-4-10(2)15(11(3)5-9)12-6-13(16)8-14(17)7-12;2*1-5-13-9(12)6-8(11)7-14-10(2,3)4;8-5-6-2-1-3-7(9)4-6;1-2-10-6(9)3-5(8)4-7;1-4(2,3)5;/h9-14,22,28,33-34H,8,15-17H2,1-7H3;4-5,12H,6-8H2,1-3H3;2*5-7H2,1-4H3;1-5,9H;2-4H2,1H3;1-3H3;/q;;;;;;-1;+1. The summed E-state index contributed by atoms with van der Waals surface area (Å²) in [5.74, 6) is -3.08. The zero-order chi connectivity index (χ0) is 81.9. The van der Waals surface area contributed by atoms with E-state index in [1.54, 1.807) is 78.8 Å². The van der Waals surface area contributed by atoms with Crippen LogP contribution in [0.1, 0.15) is 240 Å². The van der Waals surface area contributed by atoms with Gasteiger partial charge in [-0.1, -0.05) is 80.4 Å². The Bertz CT molecular complexity index is 3630. The minimum atomic E-state index is -0.750. The van der Waals surface area contributed by atoms with E-state index in [0.29, 0.717) is 79.8 Å². The van der Waals surface area contributed by atoms with Crippen LogP contribution in [0.5, 0.6) is 11.5 Å². The molecular weight excluding hydrogens is 1430 g/mol. The van der Waals surface area contributed by atoms with Gasteiger partial charge in [-0.15, -0.1) is 17.2 Å². The molecule has 0 saturated heterocycles. The zero-order valence-corrected chi connectivity index (χ0v) is 72.0. The number of halogens is 1. The number of ketones is 6. The third-order valence-electron chi connectivity index (χ3n) is 15.1. The van der Waals surface area contributed by atoms with Crippen LogP contribution in [0.25, 0.3) is 0 Å². The molecule has 2 aliphatic carbocycles. The molecule has 0 bridgehead atoms. The molecule has 108 heavy (non-hydrogen) atoms. The maximum absolute atomic E-state index is 14.0. The molecule has 3 aliphatic rings. The Labute approximate surface area is 687 Å². The number of benzene rings is 4. The Morgan fingerprint density at radius 3 is 1.27 bits per heavy atom. The van der Waals surface area contributed by atoms with Gasteiger partial charge in [0.2, 0.25) is 0 Å². The number of Topliss-reactive ketones (excluding diaryl/α,β-unsaturated/α-hetero) is 6. The number of aryl methyl sites for hydroxylation is 6. The van der Waals surface area contributed by atoms with Gasteiger partial charge < -0.3 is 53.8 Å². The van der Waals surface area contributed by atoms with E-state index >= 15 is 0 Å². The number of rotatable bonds is 22. The van der Waals surface area contributed by atoms with Crippen LogP contribution in [0, 0.1) is 41.5 Å². The predicted molar refractivity (Wildman–Crippen MR) is 409 cm³/mol. The van der Waals surface area contributed by atoms with Crippen molar-refractivity contribution >= 4 is 76.5 Å². The minimum Gasteiger partial charge on any atom is -0.850 e. The zero-order valence-electron chi connectivity index (χ0n) is 68.1. The summed E-state index contributed by atoms with van der Waals surface area (Å²) in [5.41, 5.74) is 11.2. The monoisotopic (exact) mass is 1550 g/mol. The number of hydrogen-bond acceptors (Lipinski definition) is 22. The first-order valence-corrected chi connectivity index (χ1v) is 36.5. The number of allylic oxidation sites excluding steroid dienone is 2. The second-order valence-corrected chi connectivity index (χ2v) is 30.2. The number of ether oxygens (including phenoxy) is 7. The molecule has 592 valence electrons. The molecule has 4 aromatic carbocycles. The first-order chi connectivity index (χ1) is 49.6. The molecule has 2 atom stereocenters. The third kappa shape index (κ3) is 41.8. The molecule has 0 aromatic heterocycles. The number of hydrogen-bond donors (Lipinski definition) is 3. The quantitative estimate of drug-likeness (QED) is 0.0164. The van der Waals surface area contributed by atoms with Crippen LogP contribution in [-0.2, 0) is 81.1 Å². The van der Waals surface area contributed by atoms with E-state index in [4.69, 9.17) is 35.7 Å². The van der Waals surface area contributed by atoms with E-state index < -0.39 is 41.0 Å². The molecule has 24 heteroatoms. The molecule has 1 heterocycles. The number of phenolic OH excluding ortho intramolecular Hbond substituents is 2. The average molecular weight is 1550 g/mol. The van der Waals surface area contributed by atoms with Gasteiger partial charge in [-0.3, -0.25) is 47.9 Å². The van der Waals surface area contributed by atoms with Gasteiger partial charge in [0.1, 0.15) is 61.8 Å². The summed E-state index contributed by atoms with van der Waals surface area (Å²) in [7, 11) is 0. The van der Waals surface area contributed by atoms with Crippen LogP contribution < -0.4 is 61.8 Å². The van der Waals surface area contributed by atoms with Gasteiger partial charge >= 0.3 is 75.3 Å². The predicted octanol–water partition coefficient (Wildman–Crippen LogP) is 10.8. The first kappa shape index (κ1) is 101. The van der Waals surface area contributed by atoms with Crippen LogP contribution in [0.2, 0.25) is 0 Å². The van der Waals surface area contributed by atoms with E-state index in [2.05, 4.69) is 85.3 Å². The normalized spacial score (nSPS) is 14.8. The van der Waals surface area contributed by atoms with Gasteiger partial charge in [0.05, 0.1) is 73.4 Å². The maximum atomic E-state index is 14.0. The summed E-state index contributed by atoms with van der Waals surface area (Å²) in [6, 6.07) is 21.6. The summed E-state index contributed by atoms with van der Waals surface area (Å²) >= 11 is 5.14. The fraction of sp³-hybridized carbons (Fsp3) is 0.536. The van der Waals surface area contributed by atoms with Gasteiger partial charge in [-0.25, -0.2) is 4.79 Å². The van der Waals surface area contributed by atoms with E-state index in [9.17, 15) is 63.0 Å². The van der Waals surface area contributed by atoms with Crippen LogP contribution in [0.15, 0.2) is 95.3 Å². The molecule has 22 nitrogen and oxygen atoms in total. The molecule has 4 aromatic rings. The molecule has 1 aliphatic heterocycles. The largest absolute Gasteiger partial charge is 1.00 e. The molecule has 1 fully saturated rings. The topological polar surface area (TPSA) is 328 Å². The summed E-state index contributed by atoms with van der Waals surface area (Å²) in [6.07, 6.45) is 2.25. The molecule has 0 amide bonds. The van der Waals surface area contributed by atoms with Crippen LogP contribution in [0.3, 0.4) is 0 Å². The van der Waals surface area contributed by atoms with Crippen LogP contribution in [0.4, 0.5) is 0 Å². The number of carbonyl (C=O) groups excluding carboxylic acids is 11. The molecule has 2 unspecified atom stereocenters. The second-order valence-electron chi connectivity index (χ2n) is 29.9. The van der Waals surface area contributed by atoms with E-state index in [-0.39, 0.29) is 179 Å². The van der Waals surface area contributed by atoms with Crippen molar-refractivity contribution in [3.63, 3.8) is 0 Å². The van der Waals surface area contributed by atoms with Gasteiger partial charge in [-0.05, 0) is 213 Å². The molecule has 1 saturated carbocycles. The Hall–Kier alpha value is -6.90.